The molecule has 6 nitrogen and oxygen atoms in total. The Kier molecular flexibility index (Phi) is 7.36. The van der Waals surface area contributed by atoms with Gasteiger partial charge in [0.25, 0.3) is 0 Å². The van der Waals surface area contributed by atoms with E-state index in [1.165, 1.54) is 25.7 Å². The topological polar surface area (TPSA) is 56.8 Å². The van der Waals surface area contributed by atoms with E-state index in [4.69, 9.17) is 4.74 Å². The van der Waals surface area contributed by atoms with E-state index >= 15 is 0 Å². The first-order valence-corrected chi connectivity index (χ1v) is 13.3. The molecule has 2 saturated carbocycles. The monoisotopic (exact) mass is 450 g/mol. The van der Waals surface area contributed by atoms with Crippen LogP contribution in [0.15, 0.2) is 0 Å². The summed E-state index contributed by atoms with van der Waals surface area (Å²) < 4.78 is 20.0. The van der Waals surface area contributed by atoms with Crippen molar-refractivity contribution < 1.29 is 13.9 Å². The smallest absolute Gasteiger partial charge is 0.237 e. The second-order valence-corrected chi connectivity index (χ2v) is 11.2. The SMILES string of the molecule is CC1CCC(F)C2CC(C(=O)NC3CCCC(N4CCN(C5CCOCC5)CC4)C3)NC12. The lowest BCUT2D eigenvalue weighted by Crippen LogP contribution is -2.56. The molecule has 7 unspecified atom stereocenters. The van der Waals surface area contributed by atoms with Crippen LogP contribution in [-0.2, 0) is 9.53 Å². The van der Waals surface area contributed by atoms with Gasteiger partial charge in [-0.25, -0.2) is 4.39 Å². The van der Waals surface area contributed by atoms with Crippen LogP contribution in [0.1, 0.15) is 64.7 Å². The van der Waals surface area contributed by atoms with Crippen LogP contribution in [0.3, 0.4) is 0 Å². The molecule has 0 bridgehead atoms. The zero-order valence-corrected chi connectivity index (χ0v) is 19.8. The highest BCUT2D eigenvalue weighted by molar-refractivity contribution is 5.82. The molecule has 3 heterocycles. The minimum atomic E-state index is -0.750. The van der Waals surface area contributed by atoms with Gasteiger partial charge in [0, 0.05) is 69.5 Å². The molecular formula is C25H43FN4O2. The van der Waals surface area contributed by atoms with Crippen molar-refractivity contribution in [1.29, 1.82) is 0 Å². The van der Waals surface area contributed by atoms with Crippen LogP contribution in [0.5, 0.6) is 0 Å². The summed E-state index contributed by atoms with van der Waals surface area (Å²) in [4.78, 5) is 18.4. The molecule has 7 heteroatoms. The number of fused-ring (bicyclic) bond motifs is 1. The molecule has 0 spiro atoms. The third-order valence-corrected chi connectivity index (χ3v) is 9.22. The van der Waals surface area contributed by atoms with Crippen LogP contribution in [-0.4, -0.2) is 91.5 Å². The maximum Gasteiger partial charge on any atom is 0.237 e. The van der Waals surface area contributed by atoms with Gasteiger partial charge >= 0.3 is 0 Å². The van der Waals surface area contributed by atoms with Crippen LogP contribution >= 0.6 is 0 Å². The molecule has 32 heavy (non-hydrogen) atoms. The highest BCUT2D eigenvalue weighted by Gasteiger charge is 2.46. The van der Waals surface area contributed by atoms with Crippen molar-refractivity contribution in [1.82, 2.24) is 20.4 Å². The molecule has 5 aliphatic rings. The second kappa shape index (κ2) is 10.2. The molecule has 0 aromatic heterocycles. The van der Waals surface area contributed by atoms with E-state index in [2.05, 4.69) is 27.4 Å². The minimum Gasteiger partial charge on any atom is -0.381 e. The van der Waals surface area contributed by atoms with Crippen molar-refractivity contribution in [2.24, 2.45) is 11.8 Å². The number of hydrogen-bond donors (Lipinski definition) is 2. The van der Waals surface area contributed by atoms with Crippen molar-refractivity contribution in [2.75, 3.05) is 39.4 Å². The Morgan fingerprint density at radius 1 is 0.938 bits per heavy atom. The molecule has 2 N–H and O–H groups in total. The molecule has 2 aliphatic carbocycles. The lowest BCUT2D eigenvalue weighted by Gasteiger charge is -2.45. The Morgan fingerprint density at radius 3 is 2.38 bits per heavy atom. The molecule has 1 amide bonds. The van der Waals surface area contributed by atoms with Gasteiger partial charge < -0.3 is 15.4 Å². The number of nitrogens with zero attached hydrogens (tertiary/aromatic N) is 2. The molecule has 182 valence electrons. The fourth-order valence-corrected chi connectivity index (χ4v) is 7.25. The van der Waals surface area contributed by atoms with Crippen molar-refractivity contribution >= 4 is 5.91 Å². The third-order valence-electron chi connectivity index (χ3n) is 9.22. The first-order valence-electron chi connectivity index (χ1n) is 13.3. The van der Waals surface area contributed by atoms with Gasteiger partial charge in [0.05, 0.1) is 6.04 Å². The highest BCUT2D eigenvalue weighted by Crippen LogP contribution is 2.38. The zero-order valence-electron chi connectivity index (χ0n) is 19.8. The molecule has 0 aromatic rings. The summed E-state index contributed by atoms with van der Waals surface area (Å²) in [5.74, 6) is 0.582. The molecular weight excluding hydrogens is 407 g/mol. The molecule has 3 aliphatic heterocycles. The van der Waals surface area contributed by atoms with Gasteiger partial charge in [-0.05, 0) is 63.7 Å². The number of piperazine rings is 1. The average Bonchev–Trinajstić information content (AvgIpc) is 3.30. The van der Waals surface area contributed by atoms with E-state index in [1.54, 1.807) is 0 Å². The largest absolute Gasteiger partial charge is 0.381 e. The molecule has 5 fully saturated rings. The van der Waals surface area contributed by atoms with Gasteiger partial charge in [-0.3, -0.25) is 14.6 Å². The predicted octanol–water partition coefficient (Wildman–Crippen LogP) is 2.33. The summed E-state index contributed by atoms with van der Waals surface area (Å²) >= 11 is 0. The predicted molar refractivity (Wildman–Crippen MR) is 123 cm³/mol. The van der Waals surface area contributed by atoms with Gasteiger partial charge in [-0.1, -0.05) is 6.92 Å². The third kappa shape index (κ3) is 5.01. The maximum atomic E-state index is 14.4. The van der Waals surface area contributed by atoms with E-state index in [-0.39, 0.29) is 30.0 Å². The van der Waals surface area contributed by atoms with Crippen LogP contribution in [0, 0.1) is 11.8 Å². The standard InChI is InChI=1S/C25H43FN4O2/c1-17-5-6-22(26)21-16-23(28-24(17)21)25(31)27-18-3-2-4-20(15-18)30-11-9-29(10-12-30)19-7-13-32-14-8-19/h17-24,28H,2-16H2,1H3,(H,27,31). The number of halogens is 1. The number of nitrogens with one attached hydrogen (secondary N) is 2. The summed E-state index contributed by atoms with van der Waals surface area (Å²) in [7, 11) is 0. The Labute approximate surface area is 193 Å². The highest BCUT2D eigenvalue weighted by atomic mass is 19.1. The van der Waals surface area contributed by atoms with Gasteiger partial charge in [0.15, 0.2) is 0 Å². The first-order chi connectivity index (χ1) is 15.6. The molecule has 7 atom stereocenters. The number of amides is 1. The van der Waals surface area contributed by atoms with E-state index in [0.717, 1.165) is 58.7 Å². The Bertz CT molecular complexity index is 619. The van der Waals surface area contributed by atoms with Crippen LogP contribution < -0.4 is 10.6 Å². The molecule has 0 aromatic carbocycles. The summed E-state index contributed by atoms with van der Waals surface area (Å²) in [5, 5.41) is 6.85. The van der Waals surface area contributed by atoms with E-state index in [9.17, 15) is 9.18 Å². The molecule has 3 saturated heterocycles. The normalized spacial score (nSPS) is 42.5. The zero-order chi connectivity index (χ0) is 22.1. The van der Waals surface area contributed by atoms with Crippen molar-refractivity contribution in [3.05, 3.63) is 0 Å². The summed E-state index contributed by atoms with van der Waals surface area (Å²) in [5.41, 5.74) is 0. The number of rotatable bonds is 4. The maximum absolute atomic E-state index is 14.4. The van der Waals surface area contributed by atoms with Crippen molar-refractivity contribution in [3.8, 4) is 0 Å². The van der Waals surface area contributed by atoms with Gasteiger partial charge in [0.1, 0.15) is 6.17 Å². The number of carbonyl (C=O) groups is 1. The van der Waals surface area contributed by atoms with Gasteiger partial charge in [-0.2, -0.15) is 0 Å². The summed E-state index contributed by atoms with van der Waals surface area (Å²) in [6.45, 7) is 8.64. The van der Waals surface area contributed by atoms with Crippen LogP contribution in [0.25, 0.3) is 0 Å². The van der Waals surface area contributed by atoms with Gasteiger partial charge in [-0.15, -0.1) is 0 Å². The molecule has 0 radical (unpaired) electrons. The minimum absolute atomic E-state index is 0.0145. The lowest BCUT2D eigenvalue weighted by molar-refractivity contribution is -0.124. The quantitative estimate of drug-likeness (QED) is 0.689. The first kappa shape index (κ1) is 23.0. The van der Waals surface area contributed by atoms with Crippen LogP contribution in [0.2, 0.25) is 0 Å². The number of hydrogen-bond acceptors (Lipinski definition) is 5. The Hall–Kier alpha value is -0.760. The summed E-state index contributed by atoms with van der Waals surface area (Å²) in [6.07, 6.45) is 8.41. The van der Waals surface area contributed by atoms with Crippen LogP contribution in [0.4, 0.5) is 4.39 Å². The fraction of sp³-hybridized carbons (Fsp3) is 0.960. The Morgan fingerprint density at radius 2 is 1.66 bits per heavy atom. The Balaban J connectivity index is 1.09. The lowest BCUT2D eigenvalue weighted by atomic mass is 9.77. The number of carbonyl (C=O) groups excluding carboxylic acids is 1. The van der Waals surface area contributed by atoms with E-state index < -0.39 is 6.17 Å². The van der Waals surface area contributed by atoms with Crippen molar-refractivity contribution in [2.45, 2.75) is 101 Å². The fourth-order valence-electron chi connectivity index (χ4n) is 7.25. The summed E-state index contributed by atoms with van der Waals surface area (Å²) in [6, 6.07) is 1.50. The van der Waals surface area contributed by atoms with Gasteiger partial charge in [0.2, 0.25) is 5.91 Å². The van der Waals surface area contributed by atoms with Crippen molar-refractivity contribution in [3.63, 3.8) is 0 Å². The van der Waals surface area contributed by atoms with E-state index in [1.807, 2.05) is 0 Å². The van der Waals surface area contributed by atoms with E-state index in [0.29, 0.717) is 30.8 Å². The number of alkyl halides is 1. The molecule has 5 rings (SSSR count). The number of ether oxygens (including phenoxy) is 1. The second-order valence-electron chi connectivity index (χ2n) is 11.2. The average molecular weight is 451 g/mol.